The summed E-state index contributed by atoms with van der Waals surface area (Å²) in [5, 5.41) is 0. The molecule has 0 spiro atoms. The number of hydrogen-bond donors (Lipinski definition) is 0. The third-order valence-corrected chi connectivity index (χ3v) is 4.41. The maximum Gasteiger partial charge on any atom is 0.237 e. The van der Waals surface area contributed by atoms with Gasteiger partial charge < -0.3 is 4.90 Å². The number of rotatable bonds is 8. The van der Waals surface area contributed by atoms with Crippen LogP contribution in [0.15, 0.2) is 0 Å². The van der Waals surface area contributed by atoms with Crippen LogP contribution in [0.5, 0.6) is 0 Å². The number of nitrogens with zero attached hydrogens (tertiary/aromatic N) is 2. The minimum atomic E-state index is -3.34. The quantitative estimate of drug-likeness (QED) is 0.672. The van der Waals surface area contributed by atoms with Crippen molar-refractivity contribution in [2.45, 2.75) is 46.1 Å². The van der Waals surface area contributed by atoms with E-state index in [4.69, 9.17) is 0 Å². The molecule has 0 N–H and O–H groups in total. The summed E-state index contributed by atoms with van der Waals surface area (Å²) < 4.78 is 24.6. The molecule has 1 unspecified atom stereocenters. The average molecular weight is 278 g/mol. The largest absolute Gasteiger partial charge is 0.345 e. The van der Waals surface area contributed by atoms with Gasteiger partial charge in [-0.05, 0) is 19.8 Å². The third-order valence-electron chi connectivity index (χ3n) is 3.07. The number of unbranched alkanes of at least 4 members (excludes halogenated alkanes) is 1. The molecule has 0 aromatic rings. The lowest BCUT2D eigenvalue weighted by Crippen LogP contribution is -2.45. The van der Waals surface area contributed by atoms with Crippen molar-refractivity contribution in [1.29, 1.82) is 0 Å². The van der Waals surface area contributed by atoms with Crippen LogP contribution in [-0.2, 0) is 14.8 Å². The number of hydrogen-bond acceptors (Lipinski definition) is 3. The lowest BCUT2D eigenvalue weighted by atomic mass is 10.2. The van der Waals surface area contributed by atoms with E-state index in [-0.39, 0.29) is 18.5 Å². The van der Waals surface area contributed by atoms with Crippen LogP contribution in [-0.4, -0.2) is 56.0 Å². The first-order valence-corrected chi connectivity index (χ1v) is 8.29. The molecule has 0 fully saturated rings. The van der Waals surface area contributed by atoms with Gasteiger partial charge in [0.1, 0.15) is 0 Å². The first kappa shape index (κ1) is 17.4. The van der Waals surface area contributed by atoms with Crippen LogP contribution in [0.2, 0.25) is 0 Å². The zero-order valence-electron chi connectivity index (χ0n) is 12.1. The minimum absolute atomic E-state index is 0.0615. The molecule has 0 aliphatic rings. The van der Waals surface area contributed by atoms with E-state index in [1.165, 1.54) is 4.31 Å². The number of likely N-dealkylation sites (N-methyl/N-ethyl adjacent to an activating group) is 1. The Morgan fingerprint density at radius 1 is 1.28 bits per heavy atom. The Balaban J connectivity index is 4.64. The van der Waals surface area contributed by atoms with Crippen molar-refractivity contribution in [1.82, 2.24) is 9.21 Å². The van der Waals surface area contributed by atoms with Gasteiger partial charge in [-0.1, -0.05) is 20.3 Å². The molecule has 0 saturated heterocycles. The number of sulfonamides is 1. The van der Waals surface area contributed by atoms with Gasteiger partial charge in [0.25, 0.3) is 0 Å². The van der Waals surface area contributed by atoms with E-state index in [0.29, 0.717) is 13.0 Å². The first-order valence-electron chi connectivity index (χ1n) is 6.44. The predicted molar refractivity (Wildman–Crippen MR) is 73.8 cm³/mol. The Bertz CT molecular complexity index is 354. The van der Waals surface area contributed by atoms with Gasteiger partial charge in [-0.3, -0.25) is 4.79 Å². The van der Waals surface area contributed by atoms with E-state index >= 15 is 0 Å². The Labute approximate surface area is 111 Å². The second-order valence-corrected chi connectivity index (χ2v) is 6.67. The monoisotopic (exact) mass is 278 g/mol. The summed E-state index contributed by atoms with van der Waals surface area (Å²) in [7, 11) is -1.62. The van der Waals surface area contributed by atoms with Crippen LogP contribution >= 0.6 is 0 Å². The van der Waals surface area contributed by atoms with E-state index < -0.39 is 10.0 Å². The molecule has 0 aromatic carbocycles. The molecule has 0 aromatic heterocycles. The summed E-state index contributed by atoms with van der Waals surface area (Å²) >= 11 is 0. The van der Waals surface area contributed by atoms with Crippen LogP contribution in [0.25, 0.3) is 0 Å². The zero-order chi connectivity index (χ0) is 14.3. The second kappa shape index (κ2) is 7.74. The summed E-state index contributed by atoms with van der Waals surface area (Å²) in [6.07, 6.45) is 3.79. The fraction of sp³-hybridized carbons (Fsp3) is 0.917. The Morgan fingerprint density at radius 2 is 1.83 bits per heavy atom. The predicted octanol–water partition coefficient (Wildman–Crippen LogP) is 1.30. The van der Waals surface area contributed by atoms with Crippen LogP contribution in [0, 0.1) is 0 Å². The second-order valence-electron chi connectivity index (χ2n) is 4.73. The molecule has 0 radical (unpaired) electrons. The van der Waals surface area contributed by atoms with E-state index in [1.54, 1.807) is 11.9 Å². The SMILES string of the molecule is CCCCN(C)C(=O)CN(C(C)CC)S(C)(=O)=O. The summed E-state index contributed by atoms with van der Waals surface area (Å²) in [6.45, 7) is 6.40. The van der Waals surface area contributed by atoms with Gasteiger partial charge in [0.05, 0.1) is 12.8 Å². The van der Waals surface area contributed by atoms with Crippen molar-refractivity contribution in [2.24, 2.45) is 0 Å². The molecular weight excluding hydrogens is 252 g/mol. The normalized spacial score (nSPS) is 13.7. The van der Waals surface area contributed by atoms with Crippen molar-refractivity contribution >= 4 is 15.9 Å². The molecular formula is C12H26N2O3S. The summed E-state index contributed by atoms with van der Waals surface area (Å²) in [6, 6.07) is -0.150. The number of amides is 1. The summed E-state index contributed by atoms with van der Waals surface area (Å²) in [5.41, 5.74) is 0. The van der Waals surface area contributed by atoms with Crippen molar-refractivity contribution in [2.75, 3.05) is 26.4 Å². The Kier molecular flexibility index (Phi) is 7.47. The van der Waals surface area contributed by atoms with Crippen LogP contribution in [0.3, 0.4) is 0 Å². The van der Waals surface area contributed by atoms with Gasteiger partial charge in [-0.25, -0.2) is 8.42 Å². The smallest absolute Gasteiger partial charge is 0.237 e. The van der Waals surface area contributed by atoms with Crippen molar-refractivity contribution in [3.05, 3.63) is 0 Å². The Hall–Kier alpha value is -0.620. The van der Waals surface area contributed by atoms with Gasteiger partial charge in [0.2, 0.25) is 15.9 Å². The van der Waals surface area contributed by atoms with Gasteiger partial charge in [-0.15, -0.1) is 0 Å². The average Bonchev–Trinajstić information content (AvgIpc) is 2.30. The highest BCUT2D eigenvalue weighted by Gasteiger charge is 2.25. The van der Waals surface area contributed by atoms with E-state index in [9.17, 15) is 13.2 Å². The van der Waals surface area contributed by atoms with E-state index in [1.807, 2.05) is 13.8 Å². The topological polar surface area (TPSA) is 57.7 Å². The fourth-order valence-corrected chi connectivity index (χ4v) is 2.73. The van der Waals surface area contributed by atoms with Gasteiger partial charge in [0, 0.05) is 19.6 Å². The highest BCUT2D eigenvalue weighted by Crippen LogP contribution is 2.09. The molecule has 1 amide bonds. The molecule has 0 saturated carbocycles. The molecule has 0 heterocycles. The molecule has 5 nitrogen and oxygen atoms in total. The molecule has 0 aliphatic carbocycles. The molecule has 6 heteroatoms. The molecule has 0 aliphatic heterocycles. The Morgan fingerprint density at radius 3 is 2.22 bits per heavy atom. The highest BCUT2D eigenvalue weighted by atomic mass is 32.2. The molecule has 1 atom stereocenters. The lowest BCUT2D eigenvalue weighted by molar-refractivity contribution is -0.130. The van der Waals surface area contributed by atoms with Gasteiger partial charge in [-0.2, -0.15) is 4.31 Å². The standard InChI is InChI=1S/C12H26N2O3S/c1-6-8-9-13(4)12(15)10-14(11(3)7-2)18(5,16)17/h11H,6-10H2,1-5H3. The summed E-state index contributed by atoms with van der Waals surface area (Å²) in [5.74, 6) is -0.144. The van der Waals surface area contributed by atoms with Crippen LogP contribution < -0.4 is 0 Å². The van der Waals surface area contributed by atoms with Crippen LogP contribution in [0.1, 0.15) is 40.0 Å². The molecule has 18 heavy (non-hydrogen) atoms. The van der Waals surface area contributed by atoms with Crippen molar-refractivity contribution in [3.8, 4) is 0 Å². The molecule has 0 rings (SSSR count). The van der Waals surface area contributed by atoms with E-state index in [2.05, 4.69) is 6.92 Å². The third kappa shape index (κ3) is 5.82. The molecule has 108 valence electrons. The zero-order valence-corrected chi connectivity index (χ0v) is 13.0. The van der Waals surface area contributed by atoms with Gasteiger partial charge >= 0.3 is 0 Å². The first-order chi connectivity index (χ1) is 8.23. The molecule has 0 bridgehead atoms. The number of carbonyl (C=O) groups excluding carboxylic acids is 1. The summed E-state index contributed by atoms with van der Waals surface area (Å²) in [4.78, 5) is 13.5. The van der Waals surface area contributed by atoms with Crippen LogP contribution in [0.4, 0.5) is 0 Å². The highest BCUT2D eigenvalue weighted by molar-refractivity contribution is 7.88. The van der Waals surface area contributed by atoms with Crippen molar-refractivity contribution < 1.29 is 13.2 Å². The van der Waals surface area contributed by atoms with E-state index in [0.717, 1.165) is 19.1 Å². The number of carbonyl (C=O) groups is 1. The minimum Gasteiger partial charge on any atom is -0.345 e. The fourth-order valence-electron chi connectivity index (χ4n) is 1.58. The van der Waals surface area contributed by atoms with Gasteiger partial charge in [0.15, 0.2) is 0 Å². The maximum atomic E-state index is 11.9. The maximum absolute atomic E-state index is 11.9. The lowest BCUT2D eigenvalue weighted by Gasteiger charge is -2.27. The van der Waals surface area contributed by atoms with Crippen molar-refractivity contribution in [3.63, 3.8) is 0 Å².